The summed E-state index contributed by atoms with van der Waals surface area (Å²) in [6, 6.07) is 15.4. The van der Waals surface area contributed by atoms with Crippen LogP contribution in [0.25, 0.3) is 0 Å². The fraction of sp³-hybridized carbons (Fsp3) is 0.238. The lowest BCUT2D eigenvalue weighted by atomic mass is 9.79. The van der Waals surface area contributed by atoms with Gasteiger partial charge in [-0.05, 0) is 40.8 Å². The van der Waals surface area contributed by atoms with Crippen molar-refractivity contribution in [3.63, 3.8) is 0 Å². The smallest absolute Gasteiger partial charge is 0.317 e. The molecule has 0 bridgehead atoms. The number of halogens is 1. The molecule has 4 nitrogen and oxygen atoms in total. The molecule has 0 saturated heterocycles. The van der Waals surface area contributed by atoms with Gasteiger partial charge in [0.1, 0.15) is 5.92 Å². The molecule has 0 N–H and O–H groups in total. The second-order valence-electron chi connectivity index (χ2n) is 6.64. The van der Waals surface area contributed by atoms with Gasteiger partial charge in [-0.1, -0.05) is 48.0 Å². The van der Waals surface area contributed by atoms with Gasteiger partial charge in [0.2, 0.25) is 0 Å². The molecule has 2 aliphatic rings. The number of fused-ring (bicyclic) bond motifs is 1. The first kappa shape index (κ1) is 16.9. The molecular formula is C21H18ClNO3. The number of carbonyl (C=O) groups excluding carboxylic acids is 2. The summed E-state index contributed by atoms with van der Waals surface area (Å²) in [6.45, 7) is 1.07. The quantitative estimate of drug-likeness (QED) is 0.780. The Hall–Kier alpha value is -2.59. The fourth-order valence-corrected chi connectivity index (χ4v) is 4.04. The van der Waals surface area contributed by atoms with Gasteiger partial charge >= 0.3 is 5.97 Å². The van der Waals surface area contributed by atoms with E-state index in [4.69, 9.17) is 16.3 Å². The van der Waals surface area contributed by atoms with Crippen molar-refractivity contribution < 1.29 is 14.3 Å². The van der Waals surface area contributed by atoms with Gasteiger partial charge < -0.3 is 9.64 Å². The van der Waals surface area contributed by atoms with Gasteiger partial charge in [-0.15, -0.1) is 0 Å². The van der Waals surface area contributed by atoms with E-state index < -0.39 is 11.9 Å². The summed E-state index contributed by atoms with van der Waals surface area (Å²) in [5, 5.41) is 0.549. The Kier molecular flexibility index (Phi) is 4.29. The van der Waals surface area contributed by atoms with Crippen LogP contribution in [0, 0.1) is 0 Å². The standard InChI is InChI=1S/C21H18ClNO3/c1-26-21(25)19-17-10-16(22)8-7-14(17)9-15-12-23(20(24)18(15)19)11-13-5-3-2-4-6-13/h2-8,10,19H,9,11-12H2,1H3. The summed E-state index contributed by atoms with van der Waals surface area (Å²) < 4.78 is 5.01. The van der Waals surface area contributed by atoms with E-state index in [9.17, 15) is 9.59 Å². The molecule has 1 atom stereocenters. The zero-order chi connectivity index (χ0) is 18.3. The van der Waals surface area contributed by atoms with Gasteiger partial charge in [0.15, 0.2) is 0 Å². The molecule has 0 fully saturated rings. The van der Waals surface area contributed by atoms with E-state index in [0.29, 0.717) is 30.1 Å². The number of amides is 1. The lowest BCUT2D eigenvalue weighted by Gasteiger charge is -2.24. The van der Waals surface area contributed by atoms with E-state index in [-0.39, 0.29) is 5.91 Å². The predicted octanol–water partition coefficient (Wildman–Crippen LogP) is 3.49. The summed E-state index contributed by atoms with van der Waals surface area (Å²) in [5.74, 6) is -1.22. The molecule has 4 rings (SSSR count). The number of benzene rings is 2. The second-order valence-corrected chi connectivity index (χ2v) is 7.08. The van der Waals surface area contributed by atoms with Crippen molar-refractivity contribution in [1.29, 1.82) is 0 Å². The molecule has 0 aromatic heterocycles. The van der Waals surface area contributed by atoms with Crippen molar-refractivity contribution in [2.24, 2.45) is 0 Å². The Morgan fingerprint density at radius 1 is 1.23 bits per heavy atom. The Balaban J connectivity index is 1.70. The van der Waals surface area contributed by atoms with Crippen molar-refractivity contribution >= 4 is 23.5 Å². The largest absolute Gasteiger partial charge is 0.468 e. The van der Waals surface area contributed by atoms with E-state index in [1.54, 1.807) is 11.0 Å². The SMILES string of the molecule is COC(=O)C1C2=C(Cc3ccc(Cl)cc31)CN(Cc1ccccc1)C2=O. The number of hydrogen-bond donors (Lipinski definition) is 0. The topological polar surface area (TPSA) is 46.6 Å². The minimum absolute atomic E-state index is 0.0927. The molecule has 0 radical (unpaired) electrons. The van der Waals surface area contributed by atoms with E-state index >= 15 is 0 Å². The third-order valence-electron chi connectivity index (χ3n) is 5.04. The minimum Gasteiger partial charge on any atom is -0.468 e. The van der Waals surface area contributed by atoms with Gasteiger partial charge in [0, 0.05) is 23.7 Å². The van der Waals surface area contributed by atoms with Crippen LogP contribution in [0.1, 0.15) is 22.6 Å². The molecule has 5 heteroatoms. The van der Waals surface area contributed by atoms with Crippen LogP contribution < -0.4 is 0 Å². The van der Waals surface area contributed by atoms with E-state index in [2.05, 4.69) is 0 Å². The minimum atomic E-state index is -0.703. The van der Waals surface area contributed by atoms with Crippen LogP contribution in [-0.4, -0.2) is 30.4 Å². The van der Waals surface area contributed by atoms with E-state index in [1.807, 2.05) is 42.5 Å². The molecule has 2 aromatic carbocycles. The summed E-state index contributed by atoms with van der Waals surface area (Å²) >= 11 is 6.14. The van der Waals surface area contributed by atoms with E-state index in [0.717, 1.165) is 22.3 Å². The summed E-state index contributed by atoms with van der Waals surface area (Å²) in [6.07, 6.45) is 0.659. The first-order chi connectivity index (χ1) is 12.6. The van der Waals surface area contributed by atoms with Crippen LogP contribution in [-0.2, 0) is 27.3 Å². The van der Waals surface area contributed by atoms with Gasteiger partial charge in [0.25, 0.3) is 5.91 Å². The van der Waals surface area contributed by atoms with Crippen molar-refractivity contribution in [2.75, 3.05) is 13.7 Å². The van der Waals surface area contributed by atoms with Gasteiger partial charge in [-0.2, -0.15) is 0 Å². The lowest BCUT2D eigenvalue weighted by molar-refractivity contribution is -0.142. The number of esters is 1. The highest BCUT2D eigenvalue weighted by Gasteiger charge is 2.43. The number of methoxy groups -OCH3 is 1. The molecule has 1 aliphatic carbocycles. The normalized spacial score (nSPS) is 18.6. The van der Waals surface area contributed by atoms with Crippen LogP contribution in [0.4, 0.5) is 0 Å². The third kappa shape index (κ3) is 2.80. The first-order valence-corrected chi connectivity index (χ1v) is 8.87. The van der Waals surface area contributed by atoms with Crippen LogP contribution >= 0.6 is 11.6 Å². The van der Waals surface area contributed by atoms with Crippen molar-refractivity contribution in [1.82, 2.24) is 4.90 Å². The maximum absolute atomic E-state index is 13.1. The van der Waals surface area contributed by atoms with E-state index in [1.165, 1.54) is 7.11 Å². The Morgan fingerprint density at radius 2 is 2.00 bits per heavy atom. The van der Waals surface area contributed by atoms with Crippen LogP contribution in [0.15, 0.2) is 59.7 Å². The average molecular weight is 368 g/mol. The number of carbonyl (C=O) groups is 2. The second kappa shape index (κ2) is 6.61. The van der Waals surface area contributed by atoms with Crippen LogP contribution in [0.3, 0.4) is 0 Å². The lowest BCUT2D eigenvalue weighted by Crippen LogP contribution is -2.30. The predicted molar refractivity (Wildman–Crippen MR) is 98.8 cm³/mol. The molecule has 1 unspecified atom stereocenters. The zero-order valence-corrected chi connectivity index (χ0v) is 15.1. The molecule has 132 valence electrons. The average Bonchev–Trinajstić information content (AvgIpc) is 2.95. The van der Waals surface area contributed by atoms with Crippen molar-refractivity contribution in [3.8, 4) is 0 Å². The van der Waals surface area contributed by atoms with Crippen LogP contribution in [0.2, 0.25) is 5.02 Å². The maximum atomic E-state index is 13.1. The zero-order valence-electron chi connectivity index (χ0n) is 14.4. The summed E-state index contributed by atoms with van der Waals surface area (Å²) in [7, 11) is 1.35. The van der Waals surface area contributed by atoms with Crippen LogP contribution in [0.5, 0.6) is 0 Å². The van der Waals surface area contributed by atoms with Gasteiger partial charge in [-0.25, -0.2) is 0 Å². The maximum Gasteiger partial charge on any atom is 0.317 e. The highest BCUT2D eigenvalue weighted by molar-refractivity contribution is 6.30. The Morgan fingerprint density at radius 3 is 2.73 bits per heavy atom. The molecule has 0 saturated carbocycles. The summed E-state index contributed by atoms with van der Waals surface area (Å²) in [4.78, 5) is 27.4. The number of rotatable bonds is 3. The molecular weight excluding hydrogens is 350 g/mol. The Labute approximate surface area is 157 Å². The fourth-order valence-electron chi connectivity index (χ4n) is 3.86. The van der Waals surface area contributed by atoms with Crippen molar-refractivity contribution in [3.05, 3.63) is 81.4 Å². The number of ether oxygens (including phenoxy) is 1. The molecule has 1 aliphatic heterocycles. The summed E-state index contributed by atoms with van der Waals surface area (Å²) in [5.41, 5.74) is 4.42. The number of hydrogen-bond acceptors (Lipinski definition) is 3. The van der Waals surface area contributed by atoms with Gasteiger partial charge in [-0.3, -0.25) is 9.59 Å². The van der Waals surface area contributed by atoms with Gasteiger partial charge in [0.05, 0.1) is 7.11 Å². The van der Waals surface area contributed by atoms with Crippen molar-refractivity contribution in [2.45, 2.75) is 18.9 Å². The molecule has 1 heterocycles. The molecule has 2 aromatic rings. The highest BCUT2D eigenvalue weighted by Crippen LogP contribution is 2.42. The molecule has 26 heavy (non-hydrogen) atoms. The third-order valence-corrected chi connectivity index (χ3v) is 5.28. The Bertz CT molecular complexity index is 920. The number of nitrogens with zero attached hydrogens (tertiary/aromatic N) is 1. The molecule has 1 amide bonds. The molecule has 0 spiro atoms. The first-order valence-electron chi connectivity index (χ1n) is 8.49. The monoisotopic (exact) mass is 367 g/mol. The highest BCUT2D eigenvalue weighted by atomic mass is 35.5.